The van der Waals surface area contributed by atoms with Crippen molar-refractivity contribution in [2.45, 2.75) is 18.9 Å². The van der Waals surface area contributed by atoms with Crippen molar-refractivity contribution in [1.29, 1.82) is 0 Å². The van der Waals surface area contributed by atoms with E-state index in [0.717, 1.165) is 0 Å². The third-order valence-electron chi connectivity index (χ3n) is 1.48. The number of halogens is 1. The maximum Gasteiger partial charge on any atom is 0.251 e. The molecule has 0 saturated heterocycles. The van der Waals surface area contributed by atoms with Crippen LogP contribution in [0.3, 0.4) is 0 Å². The molecule has 1 aromatic rings. The summed E-state index contributed by atoms with van der Waals surface area (Å²) in [6.45, 7) is 2.07. The zero-order valence-electron chi connectivity index (χ0n) is 7.50. The molecule has 0 spiro atoms. The van der Waals surface area contributed by atoms with Crippen molar-refractivity contribution >= 4 is 11.6 Å². The number of methoxy groups -OCH3 is 1. The first kappa shape index (κ1) is 10.2. The molecule has 0 aliphatic rings. The Hall–Kier alpha value is -0.870. The summed E-state index contributed by atoms with van der Waals surface area (Å²) < 4.78 is 4.86. The van der Waals surface area contributed by atoms with Crippen LogP contribution in [0.5, 0.6) is 0 Å². The lowest BCUT2D eigenvalue weighted by molar-refractivity contribution is 0.181. The lowest BCUT2D eigenvalue weighted by Gasteiger charge is -2.04. The standard InChI is InChI=1S/C8H11ClN2O2/c1-5(9)8-10-6(4-13-2)3-7(12)11-8/h3,5H,4H2,1-2H3,(H,10,11,12). The summed E-state index contributed by atoms with van der Waals surface area (Å²) in [6, 6.07) is 1.40. The second kappa shape index (κ2) is 4.39. The van der Waals surface area contributed by atoms with Gasteiger partial charge in [0.25, 0.3) is 5.56 Å². The summed E-state index contributed by atoms with van der Waals surface area (Å²) in [5.74, 6) is 0.473. The van der Waals surface area contributed by atoms with Crippen LogP contribution < -0.4 is 5.56 Å². The molecular formula is C8H11ClN2O2. The van der Waals surface area contributed by atoms with Gasteiger partial charge in [0.05, 0.1) is 17.7 Å². The highest BCUT2D eigenvalue weighted by Crippen LogP contribution is 2.13. The summed E-state index contributed by atoms with van der Waals surface area (Å²) in [6.07, 6.45) is 0. The Kier molecular flexibility index (Phi) is 3.45. The first-order chi connectivity index (χ1) is 6.13. The Labute approximate surface area is 80.9 Å². The van der Waals surface area contributed by atoms with E-state index in [0.29, 0.717) is 18.1 Å². The van der Waals surface area contributed by atoms with E-state index in [1.807, 2.05) is 0 Å². The van der Waals surface area contributed by atoms with Crippen LogP contribution in [0.15, 0.2) is 10.9 Å². The Morgan fingerprint density at radius 2 is 2.46 bits per heavy atom. The van der Waals surface area contributed by atoms with Crippen molar-refractivity contribution < 1.29 is 4.74 Å². The normalized spacial score (nSPS) is 12.8. The molecule has 1 unspecified atom stereocenters. The molecule has 0 saturated carbocycles. The van der Waals surface area contributed by atoms with Crippen LogP contribution in [-0.4, -0.2) is 17.1 Å². The van der Waals surface area contributed by atoms with Crippen LogP contribution in [0.25, 0.3) is 0 Å². The van der Waals surface area contributed by atoms with Crippen LogP contribution in [0.4, 0.5) is 0 Å². The van der Waals surface area contributed by atoms with Crippen LogP contribution >= 0.6 is 11.6 Å². The average molecular weight is 203 g/mol. The lowest BCUT2D eigenvalue weighted by atomic mass is 10.4. The van der Waals surface area contributed by atoms with Crippen molar-refractivity contribution in [2.75, 3.05) is 7.11 Å². The SMILES string of the molecule is COCc1cc(=O)[nH]c(C(C)Cl)n1. The molecule has 0 aromatic carbocycles. The molecule has 0 aliphatic carbocycles. The Morgan fingerprint density at radius 1 is 1.77 bits per heavy atom. The van der Waals surface area contributed by atoms with Crippen LogP contribution in [0.1, 0.15) is 23.8 Å². The van der Waals surface area contributed by atoms with Gasteiger partial charge in [0, 0.05) is 13.2 Å². The van der Waals surface area contributed by atoms with E-state index < -0.39 is 0 Å². The lowest BCUT2D eigenvalue weighted by Crippen LogP contribution is -2.13. The highest BCUT2D eigenvalue weighted by atomic mass is 35.5. The maximum absolute atomic E-state index is 11.1. The van der Waals surface area contributed by atoms with E-state index in [4.69, 9.17) is 16.3 Å². The summed E-state index contributed by atoms with van der Waals surface area (Å²) in [5.41, 5.74) is 0.387. The number of hydrogen-bond acceptors (Lipinski definition) is 3. The topological polar surface area (TPSA) is 55.0 Å². The van der Waals surface area contributed by atoms with Crippen molar-refractivity contribution in [3.05, 3.63) is 27.9 Å². The number of aromatic nitrogens is 2. The predicted molar refractivity (Wildman–Crippen MR) is 49.8 cm³/mol. The van der Waals surface area contributed by atoms with E-state index in [2.05, 4.69) is 9.97 Å². The van der Waals surface area contributed by atoms with Gasteiger partial charge in [-0.1, -0.05) is 0 Å². The number of hydrogen-bond donors (Lipinski definition) is 1. The Balaban J connectivity index is 3.04. The second-order valence-electron chi connectivity index (χ2n) is 2.67. The third-order valence-corrected chi connectivity index (χ3v) is 1.69. The molecule has 1 atom stereocenters. The summed E-state index contributed by atoms with van der Waals surface area (Å²) in [5, 5.41) is -0.301. The van der Waals surface area contributed by atoms with Gasteiger partial charge in [-0.15, -0.1) is 11.6 Å². The molecule has 13 heavy (non-hydrogen) atoms. The largest absolute Gasteiger partial charge is 0.378 e. The first-order valence-electron chi connectivity index (χ1n) is 3.86. The number of H-pyrrole nitrogens is 1. The minimum atomic E-state index is -0.301. The highest BCUT2D eigenvalue weighted by molar-refractivity contribution is 6.20. The number of aromatic amines is 1. The molecule has 1 rings (SSSR count). The van der Waals surface area contributed by atoms with Gasteiger partial charge in [-0.05, 0) is 6.92 Å². The summed E-state index contributed by atoms with van der Waals surface area (Å²) in [4.78, 5) is 17.7. The molecule has 72 valence electrons. The van der Waals surface area contributed by atoms with E-state index in [1.54, 1.807) is 14.0 Å². The molecule has 0 aliphatic heterocycles. The van der Waals surface area contributed by atoms with Crippen molar-refractivity contribution in [1.82, 2.24) is 9.97 Å². The molecular weight excluding hydrogens is 192 g/mol. The quantitative estimate of drug-likeness (QED) is 0.750. The Morgan fingerprint density at radius 3 is 3.00 bits per heavy atom. The van der Waals surface area contributed by atoms with Gasteiger partial charge in [-0.25, -0.2) is 4.98 Å². The molecule has 1 N–H and O–H groups in total. The predicted octanol–water partition coefficient (Wildman–Crippen LogP) is 1.22. The summed E-state index contributed by atoms with van der Waals surface area (Å²) in [7, 11) is 1.55. The molecule has 1 aromatic heterocycles. The molecule has 0 fully saturated rings. The number of rotatable bonds is 3. The molecule has 4 nitrogen and oxygen atoms in total. The minimum absolute atomic E-state index is 0.204. The highest BCUT2D eigenvalue weighted by Gasteiger charge is 2.05. The number of ether oxygens (including phenoxy) is 1. The fourth-order valence-electron chi connectivity index (χ4n) is 0.939. The fourth-order valence-corrected chi connectivity index (χ4v) is 1.04. The van der Waals surface area contributed by atoms with Gasteiger partial charge in [0.1, 0.15) is 5.82 Å². The van der Waals surface area contributed by atoms with E-state index in [9.17, 15) is 4.79 Å². The maximum atomic E-state index is 11.1. The summed E-state index contributed by atoms with van der Waals surface area (Å²) >= 11 is 5.77. The van der Waals surface area contributed by atoms with Gasteiger partial charge in [-0.3, -0.25) is 4.79 Å². The molecule has 0 bridgehead atoms. The van der Waals surface area contributed by atoms with Crippen LogP contribution in [0, 0.1) is 0 Å². The second-order valence-corrected chi connectivity index (χ2v) is 3.33. The smallest absolute Gasteiger partial charge is 0.251 e. The molecule has 5 heteroatoms. The van der Waals surface area contributed by atoms with Crippen LogP contribution in [0.2, 0.25) is 0 Å². The molecule has 0 radical (unpaired) electrons. The zero-order valence-corrected chi connectivity index (χ0v) is 8.26. The van der Waals surface area contributed by atoms with E-state index in [-0.39, 0.29) is 10.9 Å². The first-order valence-corrected chi connectivity index (χ1v) is 4.30. The van der Waals surface area contributed by atoms with Crippen LogP contribution in [-0.2, 0) is 11.3 Å². The fraction of sp³-hybridized carbons (Fsp3) is 0.500. The van der Waals surface area contributed by atoms with Crippen molar-refractivity contribution in [3.8, 4) is 0 Å². The van der Waals surface area contributed by atoms with Crippen molar-refractivity contribution in [2.24, 2.45) is 0 Å². The van der Waals surface area contributed by atoms with E-state index >= 15 is 0 Å². The minimum Gasteiger partial charge on any atom is -0.378 e. The van der Waals surface area contributed by atoms with Crippen molar-refractivity contribution in [3.63, 3.8) is 0 Å². The van der Waals surface area contributed by atoms with Gasteiger partial charge < -0.3 is 9.72 Å². The molecule has 0 amide bonds. The van der Waals surface area contributed by atoms with Gasteiger partial charge in [-0.2, -0.15) is 0 Å². The average Bonchev–Trinajstić information content (AvgIpc) is 2.03. The van der Waals surface area contributed by atoms with Gasteiger partial charge in [0.15, 0.2) is 0 Å². The van der Waals surface area contributed by atoms with Gasteiger partial charge >= 0.3 is 0 Å². The van der Waals surface area contributed by atoms with Gasteiger partial charge in [0.2, 0.25) is 0 Å². The number of nitrogens with zero attached hydrogens (tertiary/aromatic N) is 1. The zero-order chi connectivity index (χ0) is 9.84. The monoisotopic (exact) mass is 202 g/mol. The number of nitrogens with one attached hydrogen (secondary N) is 1. The third kappa shape index (κ3) is 2.82. The number of alkyl halides is 1. The molecule has 1 heterocycles. The Bertz CT molecular complexity index is 335. The van der Waals surface area contributed by atoms with E-state index in [1.165, 1.54) is 6.07 Å².